The fourth-order valence-electron chi connectivity index (χ4n) is 4.05. The van der Waals surface area contributed by atoms with Crippen LogP contribution in [0.2, 0.25) is 36.3 Å². The van der Waals surface area contributed by atoms with Crippen LogP contribution in [0, 0.1) is 0 Å². The maximum absolute atomic E-state index is 13.8. The number of rotatable bonds is 10. The number of benzene rings is 1. The van der Waals surface area contributed by atoms with E-state index < -0.39 is 28.8 Å². The third kappa shape index (κ3) is 7.77. The van der Waals surface area contributed by atoms with Crippen molar-refractivity contribution < 1.29 is 18.4 Å². The van der Waals surface area contributed by atoms with Crippen LogP contribution in [0.15, 0.2) is 30.3 Å². The Labute approximate surface area is 228 Å². The highest BCUT2D eigenvalue weighted by molar-refractivity contribution is 6.74. The molecule has 8 heteroatoms. The molecule has 1 aromatic rings. The zero-order valence-electron chi connectivity index (χ0n) is 25.2. The summed E-state index contributed by atoms with van der Waals surface area (Å²) < 4.78 is 13.9. The van der Waals surface area contributed by atoms with Crippen LogP contribution in [-0.2, 0) is 13.6 Å². The summed E-state index contributed by atoms with van der Waals surface area (Å²) in [6.45, 7) is 25.2. The van der Waals surface area contributed by atoms with Gasteiger partial charge in [0.2, 0.25) is 5.91 Å². The van der Waals surface area contributed by atoms with Gasteiger partial charge in [0.25, 0.3) is 5.91 Å². The van der Waals surface area contributed by atoms with E-state index in [1.165, 1.54) is 0 Å². The van der Waals surface area contributed by atoms with Gasteiger partial charge in [-0.3, -0.25) is 9.59 Å². The molecular weight excluding hydrogens is 497 g/mol. The Kier molecular flexibility index (Phi) is 10.4. The number of hydrogen-bond acceptors (Lipinski definition) is 4. The lowest BCUT2D eigenvalue weighted by molar-refractivity contribution is -0.127. The van der Waals surface area contributed by atoms with Crippen molar-refractivity contribution in [1.29, 1.82) is 0 Å². The molecule has 0 radical (unpaired) electrons. The second kappa shape index (κ2) is 12.1. The van der Waals surface area contributed by atoms with Crippen molar-refractivity contribution in [3.05, 3.63) is 35.9 Å². The predicted octanol–water partition coefficient (Wildman–Crippen LogP) is 6.60. The largest absolute Gasteiger partial charge is 0.409 e. The smallest absolute Gasteiger partial charge is 0.254 e. The number of carbonyl (C=O) groups excluding carboxylic acids is 2. The van der Waals surface area contributed by atoms with E-state index in [0.717, 1.165) is 19.3 Å². The summed E-state index contributed by atoms with van der Waals surface area (Å²) in [5.41, 5.74) is 0.574. The van der Waals surface area contributed by atoms with Crippen LogP contribution in [-0.4, -0.2) is 64.7 Å². The molecule has 0 spiro atoms. The second-order valence-corrected chi connectivity index (χ2v) is 23.0. The minimum Gasteiger partial charge on any atom is -0.409 e. The monoisotopic (exact) mass is 548 g/mol. The molecule has 0 aliphatic carbocycles. The fourth-order valence-corrected chi connectivity index (χ4v) is 6.68. The SMILES string of the molecule is CCCCCNC(=O)C1[C@H](O[Si](C)(C)C(C)(C)C)[C@@H](O[Si](C)(C)C(C)(C)C)CN1C(=O)c1ccccc1. The van der Waals surface area contributed by atoms with Gasteiger partial charge < -0.3 is 19.1 Å². The topological polar surface area (TPSA) is 67.9 Å². The molecule has 1 N–H and O–H groups in total. The summed E-state index contributed by atoms with van der Waals surface area (Å²) in [6.07, 6.45) is 2.16. The number of amides is 2. The molecule has 37 heavy (non-hydrogen) atoms. The molecule has 2 amide bonds. The van der Waals surface area contributed by atoms with Gasteiger partial charge in [0.15, 0.2) is 16.6 Å². The van der Waals surface area contributed by atoms with Gasteiger partial charge in [-0.05, 0) is 54.8 Å². The summed E-state index contributed by atoms with van der Waals surface area (Å²) in [5.74, 6) is -0.301. The van der Waals surface area contributed by atoms with Crippen LogP contribution < -0.4 is 5.32 Å². The summed E-state index contributed by atoms with van der Waals surface area (Å²) in [7, 11) is -4.50. The highest BCUT2D eigenvalue weighted by Crippen LogP contribution is 2.43. The highest BCUT2D eigenvalue weighted by atomic mass is 28.4. The van der Waals surface area contributed by atoms with Crippen LogP contribution in [0.25, 0.3) is 0 Å². The van der Waals surface area contributed by atoms with Gasteiger partial charge in [0, 0.05) is 18.7 Å². The normalized spacial score (nSPS) is 21.3. The van der Waals surface area contributed by atoms with Gasteiger partial charge in [-0.2, -0.15) is 0 Å². The Balaban J connectivity index is 2.54. The van der Waals surface area contributed by atoms with E-state index in [1.807, 2.05) is 30.3 Å². The average Bonchev–Trinajstić information content (AvgIpc) is 3.11. The van der Waals surface area contributed by atoms with Gasteiger partial charge in [-0.25, -0.2) is 0 Å². The van der Waals surface area contributed by atoms with Crippen molar-refractivity contribution >= 4 is 28.4 Å². The molecule has 3 atom stereocenters. The Morgan fingerprint density at radius 3 is 1.97 bits per heavy atom. The maximum Gasteiger partial charge on any atom is 0.254 e. The molecule has 1 heterocycles. The molecule has 1 aliphatic rings. The lowest BCUT2D eigenvalue weighted by Crippen LogP contribution is -2.56. The molecule has 1 fully saturated rings. The van der Waals surface area contributed by atoms with Crippen LogP contribution in [0.3, 0.4) is 0 Å². The molecule has 210 valence electrons. The van der Waals surface area contributed by atoms with E-state index in [2.05, 4.69) is 80.0 Å². The molecule has 1 aliphatic heterocycles. The molecule has 1 saturated heterocycles. The number of carbonyl (C=O) groups is 2. The minimum absolute atomic E-state index is 0.0106. The van der Waals surface area contributed by atoms with Crippen molar-refractivity contribution in [3.63, 3.8) is 0 Å². The first kappa shape index (κ1) is 31.7. The first-order valence-electron chi connectivity index (χ1n) is 13.9. The van der Waals surface area contributed by atoms with E-state index >= 15 is 0 Å². The summed E-state index contributed by atoms with van der Waals surface area (Å²) >= 11 is 0. The molecule has 0 aromatic heterocycles. The van der Waals surface area contributed by atoms with Crippen LogP contribution in [0.1, 0.15) is 78.1 Å². The van der Waals surface area contributed by atoms with Crippen molar-refractivity contribution in [2.45, 2.75) is 122 Å². The van der Waals surface area contributed by atoms with Crippen LogP contribution in [0.5, 0.6) is 0 Å². The van der Waals surface area contributed by atoms with Gasteiger partial charge in [-0.15, -0.1) is 0 Å². The number of nitrogens with zero attached hydrogens (tertiary/aromatic N) is 1. The van der Waals surface area contributed by atoms with Crippen LogP contribution in [0.4, 0.5) is 0 Å². The Hall–Kier alpha value is -1.49. The molecule has 0 bridgehead atoms. The molecule has 0 saturated carbocycles. The predicted molar refractivity (Wildman–Crippen MR) is 158 cm³/mol. The van der Waals surface area contributed by atoms with Crippen molar-refractivity contribution in [3.8, 4) is 0 Å². The van der Waals surface area contributed by atoms with Gasteiger partial charge in [0.05, 0.1) is 6.10 Å². The molecule has 2 rings (SSSR count). The third-order valence-corrected chi connectivity index (χ3v) is 17.5. The Bertz CT molecular complexity index is 907. The number of likely N-dealkylation sites (tertiary alicyclic amines) is 1. The fraction of sp³-hybridized carbons (Fsp3) is 0.724. The zero-order valence-corrected chi connectivity index (χ0v) is 27.2. The molecule has 1 unspecified atom stereocenters. The average molecular weight is 549 g/mol. The first-order chi connectivity index (χ1) is 16.9. The van der Waals surface area contributed by atoms with Gasteiger partial charge >= 0.3 is 0 Å². The minimum atomic E-state index is -2.29. The first-order valence-corrected chi connectivity index (χ1v) is 19.7. The third-order valence-electron chi connectivity index (χ3n) is 8.51. The Morgan fingerprint density at radius 1 is 0.919 bits per heavy atom. The maximum atomic E-state index is 13.8. The van der Waals surface area contributed by atoms with Crippen molar-refractivity contribution in [2.75, 3.05) is 13.1 Å². The van der Waals surface area contributed by atoms with E-state index in [-0.39, 0.29) is 28.0 Å². The van der Waals surface area contributed by atoms with E-state index in [9.17, 15) is 9.59 Å². The quantitative estimate of drug-likeness (QED) is 0.264. The van der Waals surface area contributed by atoms with Gasteiger partial charge in [-0.1, -0.05) is 79.5 Å². The summed E-state index contributed by atoms with van der Waals surface area (Å²) in [5, 5.41) is 3.06. The van der Waals surface area contributed by atoms with Crippen molar-refractivity contribution in [1.82, 2.24) is 10.2 Å². The molecule has 6 nitrogen and oxygen atoms in total. The van der Waals surface area contributed by atoms with E-state index in [0.29, 0.717) is 18.7 Å². The number of hydrogen-bond donors (Lipinski definition) is 1. The van der Waals surface area contributed by atoms with Crippen LogP contribution >= 0.6 is 0 Å². The summed E-state index contributed by atoms with van der Waals surface area (Å²) in [6, 6.07) is 8.49. The molecular formula is C29H52N2O4Si2. The van der Waals surface area contributed by atoms with E-state index in [1.54, 1.807) is 4.90 Å². The zero-order chi connectivity index (χ0) is 28.2. The number of unbranched alkanes of at least 4 members (excludes halogenated alkanes) is 2. The Morgan fingerprint density at radius 2 is 1.46 bits per heavy atom. The second-order valence-electron chi connectivity index (χ2n) is 13.5. The lowest BCUT2D eigenvalue weighted by atomic mass is 10.1. The lowest BCUT2D eigenvalue weighted by Gasteiger charge is -2.43. The van der Waals surface area contributed by atoms with Crippen molar-refractivity contribution in [2.24, 2.45) is 0 Å². The highest BCUT2D eigenvalue weighted by Gasteiger charge is 2.55. The van der Waals surface area contributed by atoms with E-state index in [4.69, 9.17) is 8.85 Å². The van der Waals surface area contributed by atoms with Gasteiger partial charge in [0.1, 0.15) is 12.1 Å². The molecule has 1 aromatic carbocycles. The number of nitrogens with one attached hydrogen (secondary N) is 1. The summed E-state index contributed by atoms with van der Waals surface area (Å²) in [4.78, 5) is 29.3. The standard InChI is InChI=1S/C29H52N2O4Si2/c1-12-13-17-20-30-26(32)24-25(35-37(10,11)29(5,6)7)23(34-36(8,9)28(2,3)4)21-31(24)27(33)22-18-15-14-16-19-22/h14-16,18-19,23-25H,12-13,17,20-21H2,1-11H3,(H,30,32)/t23-,24?,25+/m0/s1.